The van der Waals surface area contributed by atoms with Gasteiger partial charge in [0.05, 0.1) is 19.3 Å². The summed E-state index contributed by atoms with van der Waals surface area (Å²) in [7, 11) is 0. The number of para-hydroxylation sites is 1. The Kier molecular flexibility index (Phi) is 5.29. The van der Waals surface area contributed by atoms with E-state index in [-0.39, 0.29) is 11.9 Å². The van der Waals surface area contributed by atoms with Gasteiger partial charge in [0.15, 0.2) is 5.76 Å². The summed E-state index contributed by atoms with van der Waals surface area (Å²) in [5.41, 5.74) is 0.778. The van der Waals surface area contributed by atoms with E-state index in [0.29, 0.717) is 5.76 Å². The van der Waals surface area contributed by atoms with Gasteiger partial charge in [-0.05, 0) is 24.3 Å². The van der Waals surface area contributed by atoms with Crippen LogP contribution in [0.2, 0.25) is 0 Å². The highest BCUT2D eigenvalue weighted by molar-refractivity contribution is 7.99. The van der Waals surface area contributed by atoms with Crippen molar-refractivity contribution >= 4 is 28.6 Å². The lowest BCUT2D eigenvalue weighted by atomic mass is 10.2. The van der Waals surface area contributed by atoms with Gasteiger partial charge in [-0.2, -0.15) is 11.8 Å². The van der Waals surface area contributed by atoms with Crippen molar-refractivity contribution in [1.29, 1.82) is 0 Å². The summed E-state index contributed by atoms with van der Waals surface area (Å²) in [4.78, 5) is 17.6. The Hall–Kier alpha value is -1.50. The number of carbonyl (C=O) groups excluding carboxylic acids is 1. The van der Waals surface area contributed by atoms with E-state index in [4.69, 9.17) is 9.15 Å². The number of fused-ring (bicyclic) bond motifs is 1. The maximum absolute atomic E-state index is 13.2. The number of carbonyl (C=O) groups is 1. The number of rotatable bonds is 3. The fourth-order valence-electron chi connectivity index (χ4n) is 3.56. The minimum atomic E-state index is 0.0250. The number of benzene rings is 1. The first-order chi connectivity index (χ1) is 12.3. The Bertz CT molecular complexity index is 693. The predicted octanol–water partition coefficient (Wildman–Crippen LogP) is 2.71. The largest absolute Gasteiger partial charge is 0.451 e. The molecule has 2 aliphatic heterocycles. The quantitative estimate of drug-likeness (QED) is 0.842. The third-order valence-corrected chi connectivity index (χ3v) is 6.11. The van der Waals surface area contributed by atoms with E-state index >= 15 is 0 Å². The van der Waals surface area contributed by atoms with Crippen molar-refractivity contribution < 1.29 is 13.9 Å². The van der Waals surface area contributed by atoms with Crippen LogP contribution in [0.1, 0.15) is 17.0 Å². The van der Waals surface area contributed by atoms with Crippen LogP contribution in [0.3, 0.4) is 0 Å². The number of hydrogen-bond acceptors (Lipinski definition) is 5. The van der Waals surface area contributed by atoms with Gasteiger partial charge in [-0.3, -0.25) is 9.69 Å². The van der Waals surface area contributed by atoms with E-state index in [0.717, 1.165) is 68.3 Å². The van der Waals surface area contributed by atoms with Gasteiger partial charge in [-0.25, -0.2) is 0 Å². The number of ether oxygens (including phenoxy) is 1. The molecule has 0 bridgehead atoms. The van der Waals surface area contributed by atoms with E-state index in [1.54, 1.807) is 0 Å². The summed E-state index contributed by atoms with van der Waals surface area (Å²) >= 11 is 1.95. The lowest BCUT2D eigenvalue weighted by Gasteiger charge is -2.35. The molecular formula is C19H24N2O3S. The van der Waals surface area contributed by atoms with Crippen LogP contribution in [-0.4, -0.2) is 72.6 Å². The number of hydrogen-bond donors (Lipinski definition) is 0. The number of amides is 1. The summed E-state index contributed by atoms with van der Waals surface area (Å²) in [5, 5.41) is 0.986. The molecule has 5 nitrogen and oxygen atoms in total. The van der Waals surface area contributed by atoms with Crippen LogP contribution in [0, 0.1) is 0 Å². The highest BCUT2D eigenvalue weighted by atomic mass is 32.2. The standard InChI is InChI=1S/C19H24N2O3S/c22-19(18-12-15-4-1-2-5-17(15)24-18)21-6-3-11-25-14-16(21)13-20-7-9-23-10-8-20/h1-2,4-5,12,16H,3,6-11,13-14H2/t16-/m1/s1. The highest BCUT2D eigenvalue weighted by Gasteiger charge is 2.30. The molecule has 1 atom stereocenters. The van der Waals surface area contributed by atoms with Gasteiger partial charge < -0.3 is 14.1 Å². The van der Waals surface area contributed by atoms with Crippen LogP contribution in [0.5, 0.6) is 0 Å². The summed E-state index contributed by atoms with van der Waals surface area (Å²) in [6.07, 6.45) is 1.04. The average Bonchev–Trinajstić information content (AvgIpc) is 2.95. The summed E-state index contributed by atoms with van der Waals surface area (Å²) < 4.78 is 11.3. The molecule has 3 heterocycles. The number of thioether (sulfide) groups is 1. The lowest BCUT2D eigenvalue weighted by Crippen LogP contribution is -2.50. The van der Waals surface area contributed by atoms with Crippen molar-refractivity contribution in [2.45, 2.75) is 12.5 Å². The molecule has 134 valence electrons. The van der Waals surface area contributed by atoms with Crippen LogP contribution in [-0.2, 0) is 4.74 Å². The van der Waals surface area contributed by atoms with Crippen LogP contribution >= 0.6 is 11.8 Å². The van der Waals surface area contributed by atoms with Gasteiger partial charge in [0.25, 0.3) is 5.91 Å². The van der Waals surface area contributed by atoms with Crippen LogP contribution in [0.15, 0.2) is 34.7 Å². The summed E-state index contributed by atoms with van der Waals surface area (Å²) in [6, 6.07) is 9.90. The average molecular weight is 360 g/mol. The zero-order chi connectivity index (χ0) is 17.1. The zero-order valence-electron chi connectivity index (χ0n) is 14.4. The first-order valence-corrected chi connectivity index (χ1v) is 10.1. The second-order valence-electron chi connectivity index (χ2n) is 6.64. The first kappa shape index (κ1) is 16.9. The van der Waals surface area contributed by atoms with Gasteiger partial charge in [-0.15, -0.1) is 0 Å². The van der Waals surface area contributed by atoms with Gasteiger partial charge in [-0.1, -0.05) is 18.2 Å². The smallest absolute Gasteiger partial charge is 0.289 e. The van der Waals surface area contributed by atoms with Gasteiger partial charge >= 0.3 is 0 Å². The molecule has 0 N–H and O–H groups in total. The number of furan rings is 1. The number of nitrogens with zero attached hydrogens (tertiary/aromatic N) is 2. The Balaban J connectivity index is 1.54. The molecule has 0 unspecified atom stereocenters. The lowest BCUT2D eigenvalue weighted by molar-refractivity contribution is 0.0239. The van der Waals surface area contributed by atoms with Crippen molar-refractivity contribution in [1.82, 2.24) is 9.80 Å². The Morgan fingerprint density at radius 1 is 1.20 bits per heavy atom. The van der Waals surface area contributed by atoms with Crippen LogP contribution < -0.4 is 0 Å². The monoisotopic (exact) mass is 360 g/mol. The molecule has 2 aromatic rings. The Morgan fingerprint density at radius 2 is 2.04 bits per heavy atom. The highest BCUT2D eigenvalue weighted by Crippen LogP contribution is 2.24. The number of morpholine rings is 1. The molecule has 0 aliphatic carbocycles. The van der Waals surface area contributed by atoms with Crippen LogP contribution in [0.25, 0.3) is 11.0 Å². The molecule has 2 fully saturated rings. The third-order valence-electron chi connectivity index (χ3n) is 4.91. The van der Waals surface area contributed by atoms with Crippen molar-refractivity contribution in [3.63, 3.8) is 0 Å². The van der Waals surface area contributed by atoms with Crippen LogP contribution in [0.4, 0.5) is 0 Å². The second-order valence-corrected chi connectivity index (χ2v) is 7.79. The predicted molar refractivity (Wildman–Crippen MR) is 100 cm³/mol. The zero-order valence-corrected chi connectivity index (χ0v) is 15.2. The molecule has 0 spiro atoms. The fraction of sp³-hybridized carbons (Fsp3) is 0.526. The Labute approximate surface area is 152 Å². The topological polar surface area (TPSA) is 45.9 Å². The maximum Gasteiger partial charge on any atom is 0.289 e. The van der Waals surface area contributed by atoms with Gasteiger partial charge in [0, 0.05) is 37.3 Å². The molecule has 2 aliphatic rings. The molecule has 0 saturated carbocycles. The minimum Gasteiger partial charge on any atom is -0.451 e. The van der Waals surface area contributed by atoms with Gasteiger partial charge in [0.2, 0.25) is 0 Å². The van der Waals surface area contributed by atoms with Crippen molar-refractivity contribution in [2.24, 2.45) is 0 Å². The summed E-state index contributed by atoms with van der Waals surface area (Å²) in [5.74, 6) is 2.59. The molecule has 6 heteroatoms. The Morgan fingerprint density at radius 3 is 2.88 bits per heavy atom. The third kappa shape index (κ3) is 3.86. The first-order valence-electron chi connectivity index (χ1n) is 8.98. The molecule has 0 radical (unpaired) electrons. The molecule has 1 amide bonds. The maximum atomic E-state index is 13.2. The second kappa shape index (κ2) is 7.81. The molecule has 4 rings (SSSR count). The van der Waals surface area contributed by atoms with Crippen molar-refractivity contribution in [3.8, 4) is 0 Å². The molecule has 2 saturated heterocycles. The minimum absolute atomic E-state index is 0.0250. The van der Waals surface area contributed by atoms with E-state index in [9.17, 15) is 4.79 Å². The van der Waals surface area contributed by atoms with E-state index < -0.39 is 0 Å². The summed E-state index contributed by atoms with van der Waals surface area (Å²) in [6.45, 7) is 5.21. The van der Waals surface area contributed by atoms with E-state index in [1.807, 2.05) is 47.0 Å². The van der Waals surface area contributed by atoms with E-state index in [2.05, 4.69) is 4.90 Å². The molecule has 25 heavy (non-hydrogen) atoms. The van der Waals surface area contributed by atoms with Crippen molar-refractivity contribution in [2.75, 3.05) is 50.9 Å². The van der Waals surface area contributed by atoms with E-state index in [1.165, 1.54) is 0 Å². The fourth-order valence-corrected chi connectivity index (χ4v) is 4.62. The normalized spacial score (nSPS) is 22.9. The molecule has 1 aromatic heterocycles. The molecular weight excluding hydrogens is 336 g/mol. The molecule has 1 aromatic carbocycles. The SMILES string of the molecule is O=C(c1cc2ccccc2o1)N1CCCSC[C@H]1CN1CCOCC1. The van der Waals surface area contributed by atoms with Gasteiger partial charge in [0.1, 0.15) is 5.58 Å². The van der Waals surface area contributed by atoms with Crippen molar-refractivity contribution in [3.05, 3.63) is 36.1 Å².